The number of hydrogen-bond donors (Lipinski definition) is 1. The van der Waals surface area contributed by atoms with Crippen molar-refractivity contribution < 1.29 is 14.3 Å². The summed E-state index contributed by atoms with van der Waals surface area (Å²) in [5, 5.41) is 13.1. The van der Waals surface area contributed by atoms with Gasteiger partial charge in [-0.25, -0.2) is 0 Å². The molecule has 8 heteroatoms. The molecule has 2 aromatic heterocycles. The highest BCUT2D eigenvalue weighted by atomic mass is 16.5. The molecule has 2 atom stereocenters. The molecule has 0 radical (unpaired) electrons. The van der Waals surface area contributed by atoms with Gasteiger partial charge in [0.2, 0.25) is 5.91 Å². The summed E-state index contributed by atoms with van der Waals surface area (Å²) in [7, 11) is 1.91. The van der Waals surface area contributed by atoms with E-state index in [9.17, 15) is 4.79 Å². The fourth-order valence-electron chi connectivity index (χ4n) is 4.37. The van der Waals surface area contributed by atoms with Crippen molar-refractivity contribution in [2.45, 2.75) is 38.3 Å². The highest BCUT2D eigenvalue weighted by Gasteiger charge is 2.28. The van der Waals surface area contributed by atoms with Gasteiger partial charge in [0, 0.05) is 57.1 Å². The molecule has 1 amide bonds. The summed E-state index contributed by atoms with van der Waals surface area (Å²) in [6.07, 6.45) is 8.40. The molecule has 1 N–H and O–H groups in total. The summed E-state index contributed by atoms with van der Waals surface area (Å²) < 4.78 is 15.7. The molecular formula is C22H27N5O3. The first kappa shape index (κ1) is 19.1. The molecule has 0 spiro atoms. The maximum absolute atomic E-state index is 11.6. The molecule has 2 aliphatic heterocycles. The number of aryl methyl sites for hydroxylation is 1. The van der Waals surface area contributed by atoms with Gasteiger partial charge in [-0.05, 0) is 37.5 Å². The Morgan fingerprint density at radius 1 is 1.23 bits per heavy atom. The second kappa shape index (κ2) is 7.75. The number of nitrogens with zero attached hydrogens (tertiary/aromatic N) is 4. The minimum Gasteiger partial charge on any atom is -0.490 e. The van der Waals surface area contributed by atoms with Gasteiger partial charge in [0.25, 0.3) is 0 Å². The number of amides is 1. The maximum atomic E-state index is 11.6. The van der Waals surface area contributed by atoms with E-state index in [0.717, 1.165) is 53.8 Å². The quantitative estimate of drug-likeness (QED) is 0.701. The molecule has 2 aliphatic rings. The molecule has 0 bridgehead atoms. The summed E-state index contributed by atoms with van der Waals surface area (Å²) in [6, 6.07) is 4.53. The van der Waals surface area contributed by atoms with E-state index in [2.05, 4.69) is 38.5 Å². The normalized spacial score (nSPS) is 21.1. The fourth-order valence-corrected chi connectivity index (χ4v) is 4.37. The number of carbonyl (C=O) groups excluding carboxylic acids is 1. The van der Waals surface area contributed by atoms with Crippen LogP contribution < -0.4 is 10.1 Å². The third-order valence-electron chi connectivity index (χ3n) is 6.19. The van der Waals surface area contributed by atoms with Crippen LogP contribution in [0.4, 0.5) is 0 Å². The van der Waals surface area contributed by atoms with Crippen LogP contribution in [0.5, 0.6) is 5.75 Å². The second-order valence-corrected chi connectivity index (χ2v) is 8.35. The average molecular weight is 409 g/mol. The van der Waals surface area contributed by atoms with E-state index in [1.807, 2.05) is 26.4 Å². The van der Waals surface area contributed by atoms with Crippen LogP contribution in [-0.2, 0) is 16.6 Å². The molecule has 2 saturated heterocycles. The largest absolute Gasteiger partial charge is 0.490 e. The van der Waals surface area contributed by atoms with Crippen molar-refractivity contribution in [2.75, 3.05) is 19.8 Å². The predicted molar refractivity (Wildman–Crippen MR) is 112 cm³/mol. The van der Waals surface area contributed by atoms with Crippen LogP contribution in [0.3, 0.4) is 0 Å². The minimum absolute atomic E-state index is 0.0763. The highest BCUT2D eigenvalue weighted by molar-refractivity contribution is 5.89. The second-order valence-electron chi connectivity index (χ2n) is 8.35. The van der Waals surface area contributed by atoms with Crippen LogP contribution in [-0.4, -0.2) is 51.3 Å². The number of nitrogens with one attached hydrogen (secondary N) is 1. The Morgan fingerprint density at radius 3 is 2.83 bits per heavy atom. The summed E-state index contributed by atoms with van der Waals surface area (Å²) in [5.41, 5.74) is 2.96. The smallest absolute Gasteiger partial charge is 0.220 e. The number of fused-ring (bicyclic) bond motifs is 1. The van der Waals surface area contributed by atoms with E-state index in [-0.39, 0.29) is 17.9 Å². The number of rotatable bonds is 5. The zero-order valence-corrected chi connectivity index (χ0v) is 17.4. The third kappa shape index (κ3) is 3.67. The molecule has 1 aromatic carbocycles. The first-order valence-corrected chi connectivity index (χ1v) is 10.6. The number of aromatic nitrogens is 4. The summed E-state index contributed by atoms with van der Waals surface area (Å²) in [6.45, 7) is 4.26. The van der Waals surface area contributed by atoms with Gasteiger partial charge in [-0.1, -0.05) is 0 Å². The Morgan fingerprint density at radius 2 is 2.07 bits per heavy atom. The topological polar surface area (TPSA) is 83.2 Å². The third-order valence-corrected chi connectivity index (χ3v) is 6.19. The number of ether oxygens (including phenoxy) is 2. The highest BCUT2D eigenvalue weighted by Crippen LogP contribution is 2.34. The zero-order valence-electron chi connectivity index (χ0n) is 17.4. The molecule has 0 saturated carbocycles. The first-order valence-electron chi connectivity index (χ1n) is 10.6. The van der Waals surface area contributed by atoms with Crippen LogP contribution in [0.25, 0.3) is 22.0 Å². The maximum Gasteiger partial charge on any atom is 0.220 e. The van der Waals surface area contributed by atoms with Crippen molar-refractivity contribution in [1.82, 2.24) is 24.9 Å². The lowest BCUT2D eigenvalue weighted by Crippen LogP contribution is -2.25. The Labute approximate surface area is 175 Å². The number of benzene rings is 1. The standard InChI is InChI=1S/C22H27N5O3/c1-14(16-9-22(28)23-10-16)30-21-8-15(7-20-19(21)13-26(2)25-20)17-11-24-27(12-17)18-3-5-29-6-4-18/h7-8,11-14,16,18H,3-6,9-10H2,1-2H3,(H,23,28)/t14-,16-/m1/s1. The Hall–Kier alpha value is -2.87. The monoisotopic (exact) mass is 409 g/mol. The minimum atomic E-state index is -0.0763. The van der Waals surface area contributed by atoms with E-state index in [1.54, 1.807) is 4.68 Å². The molecule has 4 heterocycles. The van der Waals surface area contributed by atoms with Gasteiger partial charge in [0.05, 0.1) is 23.1 Å². The lowest BCUT2D eigenvalue weighted by Gasteiger charge is -2.22. The molecule has 0 unspecified atom stereocenters. The first-order chi connectivity index (χ1) is 14.6. The van der Waals surface area contributed by atoms with Crippen molar-refractivity contribution in [3.8, 4) is 16.9 Å². The van der Waals surface area contributed by atoms with Crippen molar-refractivity contribution in [3.63, 3.8) is 0 Å². The van der Waals surface area contributed by atoms with Crippen molar-refractivity contribution in [1.29, 1.82) is 0 Å². The number of hydrogen-bond acceptors (Lipinski definition) is 5. The number of carbonyl (C=O) groups is 1. The van der Waals surface area contributed by atoms with Gasteiger partial charge < -0.3 is 14.8 Å². The summed E-state index contributed by atoms with van der Waals surface area (Å²) >= 11 is 0. The van der Waals surface area contributed by atoms with Crippen LogP contribution in [0.15, 0.2) is 30.7 Å². The van der Waals surface area contributed by atoms with Gasteiger partial charge in [0.15, 0.2) is 0 Å². The van der Waals surface area contributed by atoms with E-state index in [4.69, 9.17) is 9.47 Å². The van der Waals surface area contributed by atoms with E-state index in [0.29, 0.717) is 19.0 Å². The molecule has 2 fully saturated rings. The molecule has 8 nitrogen and oxygen atoms in total. The van der Waals surface area contributed by atoms with Gasteiger partial charge >= 0.3 is 0 Å². The van der Waals surface area contributed by atoms with Crippen molar-refractivity contribution in [2.24, 2.45) is 13.0 Å². The Balaban J connectivity index is 1.46. The predicted octanol–water partition coefficient (Wildman–Crippen LogP) is 2.69. The van der Waals surface area contributed by atoms with E-state index in [1.165, 1.54) is 0 Å². The fraction of sp³-hybridized carbons (Fsp3) is 0.500. The van der Waals surface area contributed by atoms with Crippen LogP contribution >= 0.6 is 0 Å². The van der Waals surface area contributed by atoms with E-state index < -0.39 is 0 Å². The van der Waals surface area contributed by atoms with Crippen molar-refractivity contribution >= 4 is 16.8 Å². The Bertz CT molecular complexity index is 1070. The van der Waals surface area contributed by atoms with E-state index >= 15 is 0 Å². The van der Waals surface area contributed by atoms with Crippen LogP contribution in [0.2, 0.25) is 0 Å². The van der Waals surface area contributed by atoms with Gasteiger partial charge in [0.1, 0.15) is 11.9 Å². The Kier molecular flexibility index (Phi) is 4.94. The zero-order chi connectivity index (χ0) is 20.7. The van der Waals surface area contributed by atoms with Gasteiger partial charge in [-0.2, -0.15) is 10.2 Å². The lowest BCUT2D eigenvalue weighted by atomic mass is 10.0. The molecule has 0 aliphatic carbocycles. The van der Waals surface area contributed by atoms with Crippen molar-refractivity contribution in [3.05, 3.63) is 30.7 Å². The molecular weight excluding hydrogens is 382 g/mol. The SMILES string of the molecule is C[C@@H](Oc1cc(-c2cnn(C3CCOCC3)c2)cc2nn(C)cc12)[C@H]1CNC(=O)C1. The van der Waals surface area contributed by atoms with Crippen LogP contribution in [0.1, 0.15) is 32.2 Å². The average Bonchev–Trinajstić information content (AvgIpc) is 3.47. The molecule has 158 valence electrons. The summed E-state index contributed by atoms with van der Waals surface area (Å²) in [5.74, 6) is 1.06. The lowest BCUT2D eigenvalue weighted by molar-refractivity contribution is -0.119. The van der Waals surface area contributed by atoms with Gasteiger partial charge in [-0.3, -0.25) is 14.2 Å². The molecule has 5 rings (SSSR count). The molecule has 30 heavy (non-hydrogen) atoms. The van der Waals surface area contributed by atoms with Crippen LogP contribution in [0, 0.1) is 5.92 Å². The molecule has 3 aromatic rings. The summed E-state index contributed by atoms with van der Waals surface area (Å²) in [4.78, 5) is 11.6. The van der Waals surface area contributed by atoms with Gasteiger partial charge in [-0.15, -0.1) is 0 Å².